The standard InChI is InChI=1S/C80H48S2/c1-2-16-54-45-56(40-35-49(54)15-1)55-17-13-18-57(46-55)77-66-24-7-9-26-68(66)79(69-27-10-8-25-67(69)77)59-42-44-75-72(48-59)70-29-14-28-60(80(70)82-75)52-36-31-50(32-37-52)51-33-38-53(39-34-51)76-62-20-3-5-22-64(62)78(65-23-6-4-21-63(65)76)58-41-43-74-71(47-58)61-19-11-12-30-73(61)81-74/h1-48H. The SMILES string of the molecule is c1cc(-c2ccc3ccccc3c2)cc(-c2c3ccccc3c(-c3ccc4sc5c(-c6ccc(-c7ccc(-c8c9ccccc9c(-c9ccc%10sc%11ccccc%11c%10c9)c9ccccc89)cc7)cc6)cccc5c4c3)c3ccccc23)c1. The molecule has 0 aliphatic heterocycles. The van der Waals surface area contributed by atoms with Gasteiger partial charge in [0.15, 0.2) is 0 Å². The number of fused-ring (bicyclic) bond motifs is 11. The Bertz CT molecular complexity index is 5330. The number of hydrogen-bond donors (Lipinski definition) is 0. The lowest BCUT2D eigenvalue weighted by molar-refractivity contribution is 1.60. The topological polar surface area (TPSA) is 0 Å². The maximum Gasteiger partial charge on any atom is 0.0433 e. The van der Waals surface area contributed by atoms with Crippen LogP contribution in [-0.4, -0.2) is 0 Å². The normalized spacial score (nSPS) is 11.9. The number of hydrogen-bond acceptors (Lipinski definition) is 2. The minimum absolute atomic E-state index is 1.20. The molecule has 2 aromatic heterocycles. The zero-order valence-corrected chi connectivity index (χ0v) is 46.2. The van der Waals surface area contributed by atoms with Crippen LogP contribution in [0.1, 0.15) is 0 Å². The van der Waals surface area contributed by atoms with Crippen LogP contribution in [0.3, 0.4) is 0 Å². The van der Waals surface area contributed by atoms with Gasteiger partial charge in [-0.2, -0.15) is 0 Å². The molecule has 0 saturated carbocycles. The molecule has 2 heterocycles. The second-order valence-corrected chi connectivity index (χ2v) is 23.9. The predicted molar refractivity (Wildman–Crippen MR) is 358 cm³/mol. The van der Waals surface area contributed by atoms with Gasteiger partial charge in [-0.1, -0.05) is 249 Å². The lowest BCUT2D eigenvalue weighted by Gasteiger charge is -2.18. The van der Waals surface area contributed by atoms with Crippen LogP contribution in [0.2, 0.25) is 0 Å². The third kappa shape index (κ3) is 7.50. The summed E-state index contributed by atoms with van der Waals surface area (Å²) in [5.41, 5.74) is 17.4. The summed E-state index contributed by atoms with van der Waals surface area (Å²) in [4.78, 5) is 0. The molecule has 0 radical (unpaired) electrons. The van der Waals surface area contributed by atoms with Gasteiger partial charge in [0.25, 0.3) is 0 Å². The second kappa shape index (κ2) is 18.8. The quantitative estimate of drug-likeness (QED) is 0.140. The average molecular weight is 1070 g/mol. The summed E-state index contributed by atoms with van der Waals surface area (Å²) in [5, 5.41) is 17.8. The molecule has 0 atom stereocenters. The zero-order chi connectivity index (χ0) is 53.8. The highest BCUT2D eigenvalue weighted by molar-refractivity contribution is 7.26. The first kappa shape index (κ1) is 46.9. The fraction of sp³-hybridized carbons (Fsp3) is 0. The van der Waals surface area contributed by atoms with Crippen molar-refractivity contribution in [1.82, 2.24) is 0 Å². The zero-order valence-electron chi connectivity index (χ0n) is 44.5. The molecule has 0 nitrogen and oxygen atoms in total. The number of benzene rings is 15. The molecule has 0 saturated heterocycles. The summed E-state index contributed by atoms with van der Waals surface area (Å²) in [6.07, 6.45) is 0. The van der Waals surface area contributed by atoms with E-state index in [2.05, 4.69) is 291 Å². The Morgan fingerprint density at radius 3 is 1.11 bits per heavy atom. The van der Waals surface area contributed by atoms with Gasteiger partial charge >= 0.3 is 0 Å². The van der Waals surface area contributed by atoms with Crippen molar-refractivity contribution in [3.05, 3.63) is 291 Å². The van der Waals surface area contributed by atoms with Crippen LogP contribution in [-0.2, 0) is 0 Å². The minimum Gasteiger partial charge on any atom is -0.135 e. The number of rotatable bonds is 7. The van der Waals surface area contributed by atoms with Gasteiger partial charge in [-0.3, -0.25) is 0 Å². The maximum atomic E-state index is 2.45. The third-order valence-electron chi connectivity index (χ3n) is 17.3. The van der Waals surface area contributed by atoms with Crippen LogP contribution in [0.15, 0.2) is 291 Å². The lowest BCUT2D eigenvalue weighted by atomic mass is 9.85. The Labute approximate surface area is 482 Å². The van der Waals surface area contributed by atoms with Gasteiger partial charge < -0.3 is 0 Å². The van der Waals surface area contributed by atoms with Crippen molar-refractivity contribution < 1.29 is 0 Å². The van der Waals surface area contributed by atoms with Crippen LogP contribution in [0, 0.1) is 0 Å². The average Bonchev–Trinajstić information content (AvgIpc) is 3.85. The molecular weight excluding hydrogens is 1030 g/mol. The van der Waals surface area contributed by atoms with E-state index >= 15 is 0 Å². The monoisotopic (exact) mass is 1070 g/mol. The summed E-state index contributed by atoms with van der Waals surface area (Å²) < 4.78 is 5.26. The van der Waals surface area contributed by atoms with Crippen LogP contribution >= 0.6 is 22.7 Å². The van der Waals surface area contributed by atoms with E-state index in [9.17, 15) is 0 Å². The van der Waals surface area contributed by atoms with Gasteiger partial charge in [0.1, 0.15) is 0 Å². The van der Waals surface area contributed by atoms with Crippen molar-refractivity contribution in [2.45, 2.75) is 0 Å². The van der Waals surface area contributed by atoms with Gasteiger partial charge in [-0.15, -0.1) is 22.7 Å². The summed E-state index contributed by atoms with van der Waals surface area (Å²) in [5.74, 6) is 0. The Hall–Kier alpha value is -9.96. The molecule has 2 heteroatoms. The van der Waals surface area contributed by atoms with Gasteiger partial charge in [0.2, 0.25) is 0 Å². The van der Waals surface area contributed by atoms with E-state index in [1.165, 1.54) is 172 Å². The molecule has 0 bridgehead atoms. The van der Waals surface area contributed by atoms with Crippen LogP contribution in [0.25, 0.3) is 172 Å². The van der Waals surface area contributed by atoms with Crippen molar-refractivity contribution in [3.8, 4) is 77.9 Å². The fourth-order valence-corrected chi connectivity index (χ4v) is 15.8. The summed E-state index contributed by atoms with van der Waals surface area (Å²) in [6, 6.07) is 109. The van der Waals surface area contributed by atoms with E-state index in [0.717, 1.165) is 0 Å². The Morgan fingerprint density at radius 2 is 0.537 bits per heavy atom. The molecule has 82 heavy (non-hydrogen) atoms. The molecule has 380 valence electrons. The molecule has 0 N–H and O–H groups in total. The smallest absolute Gasteiger partial charge is 0.0433 e. The summed E-state index contributed by atoms with van der Waals surface area (Å²) >= 11 is 3.77. The highest BCUT2D eigenvalue weighted by Crippen LogP contribution is 2.49. The molecule has 0 amide bonds. The third-order valence-corrected chi connectivity index (χ3v) is 19.6. The van der Waals surface area contributed by atoms with Gasteiger partial charge in [0, 0.05) is 40.3 Å². The largest absolute Gasteiger partial charge is 0.135 e. The Kier molecular flexibility index (Phi) is 10.8. The van der Waals surface area contributed by atoms with Crippen LogP contribution < -0.4 is 0 Å². The van der Waals surface area contributed by atoms with Crippen molar-refractivity contribution in [2.75, 3.05) is 0 Å². The molecular formula is C80H48S2. The molecule has 0 fully saturated rings. The van der Waals surface area contributed by atoms with Crippen molar-refractivity contribution in [3.63, 3.8) is 0 Å². The fourth-order valence-electron chi connectivity index (χ4n) is 13.5. The highest BCUT2D eigenvalue weighted by Gasteiger charge is 2.21. The second-order valence-electron chi connectivity index (χ2n) is 21.8. The molecule has 0 spiro atoms. The number of thiophene rings is 2. The first-order chi connectivity index (χ1) is 40.6. The maximum absolute atomic E-state index is 2.45. The predicted octanol–water partition coefficient (Wildman–Crippen LogP) is 23.9. The Morgan fingerprint density at radius 1 is 0.171 bits per heavy atom. The molecule has 17 aromatic rings. The van der Waals surface area contributed by atoms with Gasteiger partial charge in [0.05, 0.1) is 0 Å². The van der Waals surface area contributed by atoms with E-state index < -0.39 is 0 Å². The molecule has 17 rings (SSSR count). The van der Waals surface area contributed by atoms with Crippen LogP contribution in [0.5, 0.6) is 0 Å². The van der Waals surface area contributed by atoms with Crippen molar-refractivity contribution >= 4 is 117 Å². The van der Waals surface area contributed by atoms with E-state index in [1.807, 2.05) is 22.7 Å². The summed E-state index contributed by atoms with van der Waals surface area (Å²) in [6.45, 7) is 0. The molecule has 0 aliphatic carbocycles. The van der Waals surface area contributed by atoms with E-state index in [-0.39, 0.29) is 0 Å². The van der Waals surface area contributed by atoms with E-state index in [1.54, 1.807) is 0 Å². The minimum atomic E-state index is 1.20. The van der Waals surface area contributed by atoms with Crippen molar-refractivity contribution in [2.24, 2.45) is 0 Å². The first-order valence-corrected chi connectivity index (χ1v) is 29.8. The van der Waals surface area contributed by atoms with Gasteiger partial charge in [-0.05, 0) is 174 Å². The summed E-state index contributed by atoms with van der Waals surface area (Å²) in [7, 11) is 0. The van der Waals surface area contributed by atoms with Crippen LogP contribution in [0.4, 0.5) is 0 Å². The van der Waals surface area contributed by atoms with Crippen molar-refractivity contribution in [1.29, 1.82) is 0 Å². The molecule has 0 unspecified atom stereocenters. The highest BCUT2D eigenvalue weighted by atomic mass is 32.1. The lowest BCUT2D eigenvalue weighted by Crippen LogP contribution is -1.91. The Balaban J connectivity index is 0.709. The molecule has 15 aromatic carbocycles. The van der Waals surface area contributed by atoms with E-state index in [4.69, 9.17) is 0 Å². The van der Waals surface area contributed by atoms with Gasteiger partial charge in [-0.25, -0.2) is 0 Å². The molecule has 0 aliphatic rings. The van der Waals surface area contributed by atoms with E-state index in [0.29, 0.717) is 0 Å². The first-order valence-electron chi connectivity index (χ1n) is 28.2.